The van der Waals surface area contributed by atoms with Gasteiger partial charge in [-0.3, -0.25) is 0 Å². The number of nitrogens with zero attached hydrogens (tertiary/aromatic N) is 2. The molecule has 32 heavy (non-hydrogen) atoms. The second-order valence-corrected chi connectivity index (χ2v) is 9.02. The molecule has 174 valence electrons. The van der Waals surface area contributed by atoms with Gasteiger partial charge in [0.2, 0.25) is 0 Å². The fourth-order valence-electron chi connectivity index (χ4n) is 4.48. The number of rotatable bonds is 3. The summed E-state index contributed by atoms with van der Waals surface area (Å²) in [4.78, 5) is 14.1. The Labute approximate surface area is 184 Å². The number of imidazole rings is 1. The van der Waals surface area contributed by atoms with Gasteiger partial charge in [0.25, 0.3) is 0 Å². The molecule has 9 heteroatoms. The highest BCUT2D eigenvalue weighted by Gasteiger charge is 2.46. The molecule has 2 N–H and O–H groups in total. The molecular weight excluding hydrogens is 423 g/mol. The Balaban J connectivity index is 0.000000307. The van der Waals surface area contributed by atoms with E-state index in [1.807, 2.05) is 0 Å². The van der Waals surface area contributed by atoms with E-state index in [0.29, 0.717) is 5.92 Å². The van der Waals surface area contributed by atoms with E-state index in [-0.39, 0.29) is 5.60 Å². The van der Waals surface area contributed by atoms with Crippen molar-refractivity contribution in [2.75, 3.05) is 13.1 Å². The number of carbonyl (C=O) groups is 1. The molecule has 1 saturated heterocycles. The molecule has 0 atom stereocenters. The molecule has 2 aliphatic heterocycles. The number of piperidine rings is 1. The van der Waals surface area contributed by atoms with Crippen LogP contribution in [0.5, 0.6) is 5.75 Å². The van der Waals surface area contributed by atoms with Crippen LogP contribution in [0.3, 0.4) is 0 Å². The average Bonchev–Trinajstić information content (AvgIpc) is 3.46. The number of hydrogen-bond acceptors (Lipinski definition) is 4. The number of para-hydroxylation sites is 1. The first-order valence-electron chi connectivity index (χ1n) is 11.0. The molecule has 1 aromatic heterocycles. The molecule has 1 aliphatic carbocycles. The number of carboxylic acids is 1. The number of carboxylic acid groups (broad SMARTS) is 1. The normalized spacial score (nSPS) is 18.9. The summed E-state index contributed by atoms with van der Waals surface area (Å²) in [5.41, 5.74) is 3.47. The maximum Gasteiger partial charge on any atom is 0.490 e. The minimum absolute atomic E-state index is 0.218. The lowest BCUT2D eigenvalue weighted by Gasteiger charge is -2.42. The zero-order valence-electron chi connectivity index (χ0n) is 18.2. The van der Waals surface area contributed by atoms with E-state index in [1.54, 1.807) is 0 Å². The lowest BCUT2D eigenvalue weighted by atomic mass is 9.83. The van der Waals surface area contributed by atoms with E-state index in [2.05, 4.69) is 48.0 Å². The molecule has 0 bridgehead atoms. The van der Waals surface area contributed by atoms with Crippen molar-refractivity contribution in [3.05, 3.63) is 35.8 Å². The molecule has 0 amide bonds. The Bertz CT molecular complexity index is 990. The van der Waals surface area contributed by atoms with Crippen molar-refractivity contribution < 1.29 is 27.8 Å². The van der Waals surface area contributed by atoms with Crippen LogP contribution in [-0.2, 0) is 16.9 Å². The Hall–Kier alpha value is -2.55. The highest BCUT2D eigenvalue weighted by Crippen LogP contribution is 2.50. The molecule has 1 spiro atoms. The van der Waals surface area contributed by atoms with Crippen molar-refractivity contribution in [2.45, 2.75) is 63.8 Å². The third kappa shape index (κ3) is 4.35. The second-order valence-electron chi connectivity index (χ2n) is 9.02. The minimum Gasteiger partial charge on any atom is -0.480 e. The van der Waals surface area contributed by atoms with E-state index >= 15 is 0 Å². The van der Waals surface area contributed by atoms with Crippen LogP contribution in [0.15, 0.2) is 24.3 Å². The van der Waals surface area contributed by atoms with E-state index in [4.69, 9.17) is 19.6 Å². The molecular formula is C23H28F3N3O3. The SMILES string of the molecule is CC(C)c1nc2c(n1CC1CC1)C1(CCNCC1)Oc1ccccc1-2.O=C(O)C(F)(F)F. The minimum atomic E-state index is -5.08. The van der Waals surface area contributed by atoms with Crippen LogP contribution in [0.1, 0.15) is 57.0 Å². The number of aromatic nitrogens is 2. The quantitative estimate of drug-likeness (QED) is 0.708. The van der Waals surface area contributed by atoms with Gasteiger partial charge in [0, 0.05) is 30.9 Å². The predicted octanol–water partition coefficient (Wildman–Crippen LogP) is 4.69. The van der Waals surface area contributed by atoms with Gasteiger partial charge in [-0.15, -0.1) is 0 Å². The first-order chi connectivity index (χ1) is 15.1. The molecule has 0 unspecified atom stereocenters. The molecule has 1 saturated carbocycles. The van der Waals surface area contributed by atoms with Crippen LogP contribution >= 0.6 is 0 Å². The third-order valence-corrected chi connectivity index (χ3v) is 6.18. The van der Waals surface area contributed by atoms with Gasteiger partial charge in [0.15, 0.2) is 5.60 Å². The standard InChI is InChI=1S/C21H27N3O.C2HF3O2/c1-14(2)20-23-18-16-5-3-4-6-17(16)25-21(9-11-22-12-10-21)19(18)24(20)13-15-7-8-15;3-2(4,5)1(6)7/h3-6,14-15,22H,7-13H2,1-2H3;(H,6,7). The molecule has 0 radical (unpaired) electrons. The van der Waals surface area contributed by atoms with Gasteiger partial charge in [-0.25, -0.2) is 9.78 Å². The predicted molar refractivity (Wildman–Crippen MR) is 113 cm³/mol. The average molecular weight is 451 g/mol. The summed E-state index contributed by atoms with van der Waals surface area (Å²) < 4.78 is 41.0. The van der Waals surface area contributed by atoms with Crippen molar-refractivity contribution in [1.29, 1.82) is 0 Å². The van der Waals surface area contributed by atoms with Crippen LogP contribution in [0, 0.1) is 5.92 Å². The summed E-state index contributed by atoms with van der Waals surface area (Å²) in [6.45, 7) is 7.65. The summed E-state index contributed by atoms with van der Waals surface area (Å²) in [5, 5.41) is 10.6. The van der Waals surface area contributed by atoms with E-state index in [1.165, 1.54) is 30.1 Å². The molecule has 1 aromatic carbocycles. The van der Waals surface area contributed by atoms with Gasteiger partial charge in [0.05, 0.1) is 11.4 Å². The second kappa shape index (κ2) is 8.42. The molecule has 6 nitrogen and oxygen atoms in total. The van der Waals surface area contributed by atoms with Crippen LogP contribution in [0.25, 0.3) is 11.3 Å². The van der Waals surface area contributed by atoms with Crippen molar-refractivity contribution in [3.8, 4) is 17.0 Å². The largest absolute Gasteiger partial charge is 0.490 e. The number of alkyl halides is 3. The van der Waals surface area contributed by atoms with Gasteiger partial charge in [-0.05, 0) is 44.0 Å². The number of halogens is 3. The number of hydrogen-bond donors (Lipinski definition) is 2. The summed E-state index contributed by atoms with van der Waals surface area (Å²) in [6, 6.07) is 8.45. The monoisotopic (exact) mass is 451 g/mol. The summed E-state index contributed by atoms with van der Waals surface area (Å²) in [7, 11) is 0. The Morgan fingerprint density at radius 1 is 1.28 bits per heavy atom. The Morgan fingerprint density at radius 3 is 2.47 bits per heavy atom. The molecule has 3 aliphatic rings. The van der Waals surface area contributed by atoms with Crippen molar-refractivity contribution in [2.24, 2.45) is 5.92 Å². The molecule has 2 fully saturated rings. The fourth-order valence-corrected chi connectivity index (χ4v) is 4.48. The molecule has 2 aromatic rings. The highest BCUT2D eigenvalue weighted by atomic mass is 19.4. The third-order valence-electron chi connectivity index (χ3n) is 6.18. The van der Waals surface area contributed by atoms with Crippen LogP contribution in [0.2, 0.25) is 0 Å². The van der Waals surface area contributed by atoms with Crippen LogP contribution in [-0.4, -0.2) is 39.9 Å². The smallest absolute Gasteiger partial charge is 0.480 e. The van der Waals surface area contributed by atoms with Crippen molar-refractivity contribution >= 4 is 5.97 Å². The van der Waals surface area contributed by atoms with Crippen LogP contribution < -0.4 is 10.1 Å². The Morgan fingerprint density at radius 2 is 1.91 bits per heavy atom. The maximum absolute atomic E-state index is 10.6. The number of fused-ring (bicyclic) bond motifs is 4. The van der Waals surface area contributed by atoms with E-state index in [0.717, 1.165) is 49.7 Å². The number of benzene rings is 1. The zero-order chi connectivity index (χ0) is 23.1. The van der Waals surface area contributed by atoms with E-state index in [9.17, 15) is 13.2 Å². The van der Waals surface area contributed by atoms with Crippen molar-refractivity contribution in [3.63, 3.8) is 0 Å². The Kier molecular flexibility index (Phi) is 5.96. The topological polar surface area (TPSA) is 76.4 Å². The zero-order valence-corrected chi connectivity index (χ0v) is 18.2. The maximum atomic E-state index is 10.6. The number of aliphatic carboxylic acids is 1. The number of ether oxygens (including phenoxy) is 1. The first kappa shape index (κ1) is 22.6. The highest BCUT2D eigenvalue weighted by molar-refractivity contribution is 5.73. The van der Waals surface area contributed by atoms with Gasteiger partial charge >= 0.3 is 12.1 Å². The number of nitrogens with one attached hydrogen (secondary N) is 1. The molecule has 3 heterocycles. The first-order valence-corrected chi connectivity index (χ1v) is 11.0. The lowest BCUT2D eigenvalue weighted by molar-refractivity contribution is -0.192. The van der Waals surface area contributed by atoms with Crippen molar-refractivity contribution in [1.82, 2.24) is 14.9 Å². The summed E-state index contributed by atoms with van der Waals surface area (Å²) in [6.07, 6.45) is -0.336. The lowest BCUT2D eigenvalue weighted by Crippen LogP contribution is -2.47. The van der Waals surface area contributed by atoms with Gasteiger partial charge in [-0.1, -0.05) is 26.0 Å². The summed E-state index contributed by atoms with van der Waals surface area (Å²) >= 11 is 0. The van der Waals surface area contributed by atoms with Gasteiger partial charge < -0.3 is 19.7 Å². The van der Waals surface area contributed by atoms with Crippen LogP contribution in [0.4, 0.5) is 13.2 Å². The van der Waals surface area contributed by atoms with Gasteiger partial charge in [-0.2, -0.15) is 13.2 Å². The fraction of sp³-hybridized carbons (Fsp3) is 0.565. The summed E-state index contributed by atoms with van der Waals surface area (Å²) in [5.74, 6) is 0.730. The molecule has 5 rings (SSSR count). The van der Waals surface area contributed by atoms with E-state index < -0.39 is 12.1 Å². The van der Waals surface area contributed by atoms with Gasteiger partial charge in [0.1, 0.15) is 11.6 Å².